The summed E-state index contributed by atoms with van der Waals surface area (Å²) in [6.07, 6.45) is 5.01. The quantitative estimate of drug-likeness (QED) is 0.769. The summed E-state index contributed by atoms with van der Waals surface area (Å²) in [6, 6.07) is 8.07. The topological polar surface area (TPSA) is 86.8 Å². The molecule has 0 spiro atoms. The van der Waals surface area contributed by atoms with Crippen LogP contribution in [0.3, 0.4) is 0 Å². The summed E-state index contributed by atoms with van der Waals surface area (Å²) < 4.78 is 0. The van der Waals surface area contributed by atoms with Gasteiger partial charge in [-0.15, -0.1) is 0 Å². The van der Waals surface area contributed by atoms with Crippen molar-refractivity contribution < 1.29 is 4.79 Å². The van der Waals surface area contributed by atoms with Crippen molar-refractivity contribution in [1.82, 2.24) is 19.9 Å². The van der Waals surface area contributed by atoms with Crippen LogP contribution in [0.1, 0.15) is 12.0 Å². The van der Waals surface area contributed by atoms with Crippen LogP contribution in [0.15, 0.2) is 36.9 Å². The molecule has 0 saturated heterocycles. The summed E-state index contributed by atoms with van der Waals surface area (Å²) in [4.78, 5) is 29.8. The molecule has 0 fully saturated rings. The highest BCUT2D eigenvalue weighted by molar-refractivity contribution is 5.98. The molecule has 0 unspecified atom stereocenters. The number of nitrogens with one attached hydrogen (secondary N) is 2. The van der Waals surface area contributed by atoms with Crippen molar-refractivity contribution in [2.45, 2.75) is 12.8 Å². The molecular weight excluding hydrogens is 292 g/mol. The molecule has 0 radical (unpaired) electrons. The van der Waals surface area contributed by atoms with Gasteiger partial charge in [0, 0.05) is 12.2 Å². The lowest BCUT2D eigenvalue weighted by Gasteiger charge is -2.29. The van der Waals surface area contributed by atoms with Crippen molar-refractivity contribution in [1.29, 1.82) is 0 Å². The first-order valence-electron chi connectivity index (χ1n) is 7.59. The largest absolute Gasteiger partial charge is 0.359 e. The van der Waals surface area contributed by atoms with Gasteiger partial charge in [0.1, 0.15) is 11.8 Å². The van der Waals surface area contributed by atoms with Gasteiger partial charge in [0.05, 0.1) is 12.9 Å². The summed E-state index contributed by atoms with van der Waals surface area (Å²) in [5, 5.41) is 3.09. The Bertz CT molecular complexity index is 858. The predicted octanol–water partition coefficient (Wildman–Crippen LogP) is 1.74. The van der Waals surface area contributed by atoms with E-state index in [2.05, 4.69) is 31.3 Å². The SMILES string of the molecule is O=C(CNc1ncnc2nc[nH]c12)N1CCCc2ccccc21. The van der Waals surface area contributed by atoms with Crippen LogP contribution in [0, 0.1) is 0 Å². The molecule has 2 aromatic heterocycles. The lowest BCUT2D eigenvalue weighted by molar-refractivity contribution is -0.117. The zero-order chi connectivity index (χ0) is 15.6. The number of hydrogen-bond donors (Lipinski definition) is 2. The Morgan fingerprint density at radius 3 is 3.13 bits per heavy atom. The van der Waals surface area contributed by atoms with E-state index in [0.29, 0.717) is 17.0 Å². The van der Waals surface area contributed by atoms with Gasteiger partial charge in [0.25, 0.3) is 0 Å². The average molecular weight is 308 g/mol. The number of aromatic amines is 1. The maximum Gasteiger partial charge on any atom is 0.246 e. The first-order valence-corrected chi connectivity index (χ1v) is 7.59. The number of para-hydroxylation sites is 1. The first kappa shape index (κ1) is 13.7. The number of carbonyl (C=O) groups excluding carboxylic acids is 1. The Labute approximate surface area is 132 Å². The Morgan fingerprint density at radius 2 is 2.17 bits per heavy atom. The second kappa shape index (κ2) is 5.68. The highest BCUT2D eigenvalue weighted by Gasteiger charge is 2.22. The molecule has 1 aromatic carbocycles. The third kappa shape index (κ3) is 2.50. The van der Waals surface area contributed by atoms with Crippen LogP contribution < -0.4 is 10.2 Å². The summed E-state index contributed by atoms with van der Waals surface area (Å²) in [6.45, 7) is 0.931. The number of hydrogen-bond acceptors (Lipinski definition) is 5. The van der Waals surface area contributed by atoms with Crippen LogP contribution >= 0.6 is 0 Å². The molecule has 7 heteroatoms. The molecule has 2 N–H and O–H groups in total. The lowest BCUT2D eigenvalue weighted by Crippen LogP contribution is -2.39. The number of benzene rings is 1. The van der Waals surface area contributed by atoms with Gasteiger partial charge in [0.2, 0.25) is 5.91 Å². The van der Waals surface area contributed by atoms with E-state index >= 15 is 0 Å². The van der Waals surface area contributed by atoms with Crippen LogP contribution in [0.2, 0.25) is 0 Å². The zero-order valence-electron chi connectivity index (χ0n) is 12.5. The van der Waals surface area contributed by atoms with E-state index in [9.17, 15) is 4.79 Å². The third-order valence-electron chi connectivity index (χ3n) is 4.04. The second-order valence-electron chi connectivity index (χ2n) is 5.45. The number of rotatable bonds is 3. The smallest absolute Gasteiger partial charge is 0.246 e. The number of nitrogens with zero attached hydrogens (tertiary/aromatic N) is 4. The zero-order valence-corrected chi connectivity index (χ0v) is 12.5. The van der Waals surface area contributed by atoms with Crippen molar-refractivity contribution in [3.63, 3.8) is 0 Å². The summed E-state index contributed by atoms with van der Waals surface area (Å²) >= 11 is 0. The number of aryl methyl sites for hydroxylation is 1. The normalized spacial score (nSPS) is 13.8. The van der Waals surface area contributed by atoms with E-state index in [1.54, 1.807) is 6.33 Å². The van der Waals surface area contributed by atoms with Gasteiger partial charge in [-0.2, -0.15) is 0 Å². The van der Waals surface area contributed by atoms with Gasteiger partial charge in [-0.05, 0) is 24.5 Å². The number of imidazole rings is 1. The number of fused-ring (bicyclic) bond motifs is 2. The van der Waals surface area contributed by atoms with Crippen molar-refractivity contribution in [3.8, 4) is 0 Å². The fourth-order valence-electron chi connectivity index (χ4n) is 2.95. The number of carbonyl (C=O) groups is 1. The molecular formula is C16H16N6O. The number of amides is 1. The number of aromatic nitrogens is 4. The molecule has 7 nitrogen and oxygen atoms in total. The van der Waals surface area contributed by atoms with E-state index in [0.717, 1.165) is 25.1 Å². The van der Waals surface area contributed by atoms with E-state index in [1.807, 2.05) is 23.1 Å². The maximum atomic E-state index is 12.6. The van der Waals surface area contributed by atoms with E-state index in [4.69, 9.17) is 0 Å². The molecule has 0 bridgehead atoms. The Kier molecular flexibility index (Phi) is 3.38. The minimum atomic E-state index is 0.0310. The molecule has 1 amide bonds. The maximum absolute atomic E-state index is 12.6. The fraction of sp³-hybridized carbons (Fsp3) is 0.250. The van der Waals surface area contributed by atoms with Gasteiger partial charge in [-0.1, -0.05) is 18.2 Å². The molecule has 0 saturated carbocycles. The van der Waals surface area contributed by atoms with Gasteiger partial charge in [-0.3, -0.25) is 4.79 Å². The molecule has 3 heterocycles. The van der Waals surface area contributed by atoms with E-state index < -0.39 is 0 Å². The van der Waals surface area contributed by atoms with Crippen molar-refractivity contribution >= 4 is 28.6 Å². The highest BCUT2D eigenvalue weighted by atomic mass is 16.2. The van der Waals surface area contributed by atoms with Gasteiger partial charge >= 0.3 is 0 Å². The predicted molar refractivity (Wildman–Crippen MR) is 87.3 cm³/mol. The Balaban J connectivity index is 1.52. The molecule has 1 aliphatic rings. The van der Waals surface area contributed by atoms with Crippen molar-refractivity contribution in [2.75, 3.05) is 23.3 Å². The third-order valence-corrected chi connectivity index (χ3v) is 4.04. The van der Waals surface area contributed by atoms with Crippen LogP contribution in [0.25, 0.3) is 11.2 Å². The molecule has 3 aromatic rings. The number of anilines is 2. The standard InChI is InChI=1S/C16H16N6O/c23-13(22-7-3-5-11-4-1-2-6-12(11)22)8-17-15-14-16(19-9-18-14)21-10-20-15/h1-2,4,6,9-10H,3,5,7-8H2,(H2,17,18,19,20,21). The Morgan fingerprint density at radius 1 is 1.26 bits per heavy atom. The molecule has 4 rings (SSSR count). The minimum absolute atomic E-state index is 0.0310. The summed E-state index contributed by atoms with van der Waals surface area (Å²) in [5.74, 6) is 0.620. The molecule has 116 valence electrons. The van der Waals surface area contributed by atoms with Gasteiger partial charge in [-0.25, -0.2) is 15.0 Å². The minimum Gasteiger partial charge on any atom is -0.359 e. The number of H-pyrrole nitrogens is 1. The lowest BCUT2D eigenvalue weighted by atomic mass is 10.0. The molecule has 0 aliphatic carbocycles. The highest BCUT2D eigenvalue weighted by Crippen LogP contribution is 2.26. The van der Waals surface area contributed by atoms with Crippen LogP contribution in [-0.4, -0.2) is 38.9 Å². The molecule has 0 atom stereocenters. The summed E-state index contributed by atoms with van der Waals surface area (Å²) in [7, 11) is 0. The second-order valence-corrected chi connectivity index (χ2v) is 5.45. The van der Waals surface area contributed by atoms with Crippen LogP contribution in [0.4, 0.5) is 11.5 Å². The van der Waals surface area contributed by atoms with E-state index in [1.165, 1.54) is 11.9 Å². The molecule has 23 heavy (non-hydrogen) atoms. The fourth-order valence-corrected chi connectivity index (χ4v) is 2.95. The Hall–Kier alpha value is -2.96. The van der Waals surface area contributed by atoms with Crippen LogP contribution in [-0.2, 0) is 11.2 Å². The van der Waals surface area contributed by atoms with E-state index in [-0.39, 0.29) is 12.5 Å². The first-order chi connectivity index (χ1) is 11.3. The van der Waals surface area contributed by atoms with Crippen molar-refractivity contribution in [2.24, 2.45) is 0 Å². The monoisotopic (exact) mass is 308 g/mol. The van der Waals surface area contributed by atoms with Crippen LogP contribution in [0.5, 0.6) is 0 Å². The molecule has 1 aliphatic heterocycles. The average Bonchev–Trinajstić information content (AvgIpc) is 3.08. The van der Waals surface area contributed by atoms with Gasteiger partial charge < -0.3 is 15.2 Å². The van der Waals surface area contributed by atoms with Gasteiger partial charge in [0.15, 0.2) is 11.5 Å². The summed E-state index contributed by atoms with van der Waals surface area (Å²) in [5.41, 5.74) is 3.53. The van der Waals surface area contributed by atoms with Crippen molar-refractivity contribution in [3.05, 3.63) is 42.5 Å².